The Morgan fingerprint density at radius 1 is 1.32 bits per heavy atom. The molecule has 0 spiro atoms. The molecular weight excluding hydrogens is 282 g/mol. The first-order valence-electron chi connectivity index (χ1n) is 7.51. The average Bonchev–Trinajstić information content (AvgIpc) is 2.90. The molecule has 1 heterocycles. The van der Waals surface area contributed by atoms with Gasteiger partial charge in [0.1, 0.15) is 6.04 Å². The number of hydrogen-bond donors (Lipinski definition) is 1. The second-order valence-electron chi connectivity index (χ2n) is 6.73. The van der Waals surface area contributed by atoms with E-state index in [1.54, 1.807) is 24.3 Å². The lowest BCUT2D eigenvalue weighted by molar-refractivity contribution is -0.156. The molecule has 0 bridgehead atoms. The molecular formula is C17H21NO4. The zero-order valence-corrected chi connectivity index (χ0v) is 13.0. The summed E-state index contributed by atoms with van der Waals surface area (Å²) in [5, 5.41) is 10.3. The first-order valence-corrected chi connectivity index (χ1v) is 7.51. The summed E-state index contributed by atoms with van der Waals surface area (Å²) in [6.07, 6.45) is -1.24. The van der Waals surface area contributed by atoms with Gasteiger partial charge in [-0.15, -0.1) is 0 Å². The number of aliphatic hydroxyl groups is 1. The molecule has 1 aliphatic carbocycles. The standard InChI is InChI=1S/C17H21NO4/c1-17(2)11-9-18(13(12(11)17)16(21)22-3)15(20)14(19)10-7-5-4-6-8-10/h4-8,11-14,19H,9H2,1-3H3/t11-,12-,13?,14-/m0/s1. The van der Waals surface area contributed by atoms with Gasteiger partial charge < -0.3 is 14.7 Å². The van der Waals surface area contributed by atoms with Gasteiger partial charge in [-0.1, -0.05) is 44.2 Å². The van der Waals surface area contributed by atoms with Gasteiger partial charge >= 0.3 is 5.97 Å². The van der Waals surface area contributed by atoms with E-state index in [0.717, 1.165) is 0 Å². The van der Waals surface area contributed by atoms with E-state index in [-0.39, 0.29) is 11.3 Å². The van der Waals surface area contributed by atoms with Crippen molar-refractivity contribution in [2.24, 2.45) is 17.3 Å². The van der Waals surface area contributed by atoms with Crippen LogP contribution in [0.5, 0.6) is 0 Å². The van der Waals surface area contributed by atoms with E-state index in [2.05, 4.69) is 13.8 Å². The molecule has 4 atom stereocenters. The van der Waals surface area contributed by atoms with E-state index in [4.69, 9.17) is 4.74 Å². The zero-order chi connectivity index (χ0) is 16.1. The van der Waals surface area contributed by atoms with Crippen LogP contribution in [0.2, 0.25) is 0 Å². The number of carbonyl (C=O) groups is 2. The maximum Gasteiger partial charge on any atom is 0.328 e. The lowest BCUT2D eigenvalue weighted by atomic mass is 9.99. The number of nitrogens with zero attached hydrogens (tertiary/aromatic N) is 1. The number of benzene rings is 1. The molecule has 1 aromatic rings. The minimum Gasteiger partial charge on any atom is -0.467 e. The summed E-state index contributed by atoms with van der Waals surface area (Å²) in [5.74, 6) is -0.410. The van der Waals surface area contributed by atoms with Crippen LogP contribution in [0.25, 0.3) is 0 Å². The smallest absolute Gasteiger partial charge is 0.328 e. The lowest BCUT2D eigenvalue weighted by Gasteiger charge is -2.30. The summed E-state index contributed by atoms with van der Waals surface area (Å²) >= 11 is 0. The van der Waals surface area contributed by atoms with Crippen molar-refractivity contribution in [1.29, 1.82) is 0 Å². The SMILES string of the molecule is COC(=O)C1[C@@H]2[C@H](CN1C(=O)[C@@H](O)c1ccccc1)C2(C)C. The Morgan fingerprint density at radius 3 is 2.55 bits per heavy atom. The number of aliphatic hydroxyl groups excluding tert-OH is 1. The summed E-state index contributed by atoms with van der Waals surface area (Å²) in [5.41, 5.74) is 0.587. The monoisotopic (exact) mass is 303 g/mol. The van der Waals surface area contributed by atoms with Crippen LogP contribution in [0.15, 0.2) is 30.3 Å². The third-order valence-electron chi connectivity index (χ3n) is 5.28. The maximum atomic E-state index is 12.6. The molecule has 0 aromatic heterocycles. The molecule has 1 aromatic carbocycles. The minimum atomic E-state index is -1.24. The van der Waals surface area contributed by atoms with Gasteiger partial charge in [0.25, 0.3) is 5.91 Å². The van der Waals surface area contributed by atoms with E-state index in [9.17, 15) is 14.7 Å². The topological polar surface area (TPSA) is 66.8 Å². The Labute approximate surface area is 129 Å². The normalized spacial score (nSPS) is 29.6. The fourth-order valence-electron chi connectivity index (χ4n) is 3.84. The van der Waals surface area contributed by atoms with Gasteiger partial charge in [-0.2, -0.15) is 0 Å². The molecule has 2 fully saturated rings. The molecule has 1 aliphatic heterocycles. The van der Waals surface area contributed by atoms with Crippen LogP contribution >= 0.6 is 0 Å². The zero-order valence-electron chi connectivity index (χ0n) is 13.0. The Balaban J connectivity index is 1.82. The molecule has 22 heavy (non-hydrogen) atoms. The van der Waals surface area contributed by atoms with Gasteiger partial charge in [0.15, 0.2) is 6.10 Å². The van der Waals surface area contributed by atoms with Crippen LogP contribution in [0.1, 0.15) is 25.5 Å². The Kier molecular flexibility index (Phi) is 3.48. The first kappa shape index (κ1) is 15.0. The summed E-state index contributed by atoms with van der Waals surface area (Å²) < 4.78 is 4.88. The number of hydrogen-bond acceptors (Lipinski definition) is 4. The number of methoxy groups -OCH3 is 1. The summed E-state index contributed by atoms with van der Waals surface area (Å²) in [4.78, 5) is 26.2. The van der Waals surface area contributed by atoms with Crippen LogP contribution in [0, 0.1) is 17.3 Å². The number of ether oxygens (including phenoxy) is 1. The molecule has 1 saturated carbocycles. The molecule has 1 saturated heterocycles. The summed E-state index contributed by atoms with van der Waals surface area (Å²) in [6.45, 7) is 4.71. The van der Waals surface area contributed by atoms with Gasteiger partial charge in [0.05, 0.1) is 7.11 Å². The summed E-state index contributed by atoms with van der Waals surface area (Å²) in [6, 6.07) is 8.19. The minimum absolute atomic E-state index is 0.0489. The Bertz CT molecular complexity index is 598. The van der Waals surface area contributed by atoms with Gasteiger partial charge in [-0.05, 0) is 16.9 Å². The molecule has 5 heteroatoms. The molecule has 118 valence electrons. The van der Waals surface area contributed by atoms with Gasteiger partial charge in [0.2, 0.25) is 0 Å². The molecule has 5 nitrogen and oxygen atoms in total. The largest absolute Gasteiger partial charge is 0.467 e. The maximum absolute atomic E-state index is 12.6. The van der Waals surface area contributed by atoms with Crippen molar-refractivity contribution in [2.75, 3.05) is 13.7 Å². The van der Waals surface area contributed by atoms with Crippen LogP contribution in [0.3, 0.4) is 0 Å². The highest BCUT2D eigenvalue weighted by Gasteiger charge is 2.70. The number of likely N-dealkylation sites (tertiary alicyclic amines) is 1. The van der Waals surface area contributed by atoms with Crippen molar-refractivity contribution in [3.63, 3.8) is 0 Å². The highest BCUT2D eigenvalue weighted by molar-refractivity contribution is 5.89. The van der Waals surface area contributed by atoms with Crippen molar-refractivity contribution < 1.29 is 19.4 Å². The third-order valence-corrected chi connectivity index (χ3v) is 5.28. The lowest BCUT2D eigenvalue weighted by Crippen LogP contribution is -2.47. The van der Waals surface area contributed by atoms with Crippen LogP contribution in [-0.4, -0.2) is 41.6 Å². The number of carbonyl (C=O) groups excluding carboxylic acids is 2. The van der Waals surface area contributed by atoms with Crippen LogP contribution in [0.4, 0.5) is 0 Å². The highest BCUT2D eigenvalue weighted by Crippen LogP contribution is 2.65. The molecule has 3 rings (SSSR count). The fraction of sp³-hybridized carbons (Fsp3) is 0.529. The van der Waals surface area contributed by atoms with Crippen molar-refractivity contribution in [3.05, 3.63) is 35.9 Å². The van der Waals surface area contributed by atoms with Crippen molar-refractivity contribution in [2.45, 2.75) is 26.0 Å². The molecule has 1 amide bonds. The molecule has 0 radical (unpaired) electrons. The predicted octanol–water partition coefficient (Wildman–Crippen LogP) is 1.38. The Morgan fingerprint density at radius 2 is 1.95 bits per heavy atom. The predicted molar refractivity (Wildman–Crippen MR) is 79.7 cm³/mol. The van der Waals surface area contributed by atoms with Crippen molar-refractivity contribution in [3.8, 4) is 0 Å². The first-order chi connectivity index (χ1) is 10.4. The van der Waals surface area contributed by atoms with E-state index < -0.39 is 24.0 Å². The molecule has 1 unspecified atom stereocenters. The number of esters is 1. The highest BCUT2D eigenvalue weighted by atomic mass is 16.5. The second kappa shape index (κ2) is 5.09. The van der Waals surface area contributed by atoms with Crippen LogP contribution < -0.4 is 0 Å². The quantitative estimate of drug-likeness (QED) is 0.857. The van der Waals surface area contributed by atoms with Gasteiger partial charge in [0, 0.05) is 12.5 Å². The fourth-order valence-corrected chi connectivity index (χ4v) is 3.84. The summed E-state index contributed by atoms with van der Waals surface area (Å²) in [7, 11) is 1.33. The Hall–Kier alpha value is -1.88. The average molecular weight is 303 g/mol. The van der Waals surface area contributed by atoms with E-state index in [1.807, 2.05) is 6.07 Å². The van der Waals surface area contributed by atoms with Crippen LogP contribution in [-0.2, 0) is 14.3 Å². The number of piperidine rings is 1. The van der Waals surface area contributed by atoms with Gasteiger partial charge in [-0.25, -0.2) is 4.79 Å². The second-order valence-corrected chi connectivity index (χ2v) is 6.73. The molecule has 1 N–H and O–H groups in total. The van der Waals surface area contributed by atoms with E-state index in [0.29, 0.717) is 18.0 Å². The number of fused-ring (bicyclic) bond motifs is 1. The van der Waals surface area contributed by atoms with E-state index in [1.165, 1.54) is 12.0 Å². The number of amides is 1. The van der Waals surface area contributed by atoms with Crippen molar-refractivity contribution in [1.82, 2.24) is 4.90 Å². The molecule has 2 aliphatic rings. The van der Waals surface area contributed by atoms with Crippen molar-refractivity contribution >= 4 is 11.9 Å². The number of rotatable bonds is 3. The van der Waals surface area contributed by atoms with Gasteiger partial charge in [-0.3, -0.25) is 4.79 Å². The third kappa shape index (κ3) is 2.11. The van der Waals surface area contributed by atoms with E-state index >= 15 is 0 Å².